The number of rotatable bonds is 4. The maximum atomic E-state index is 12.8. The lowest BCUT2D eigenvalue weighted by Gasteiger charge is -2.24. The first kappa shape index (κ1) is 14.4. The predicted molar refractivity (Wildman–Crippen MR) is 70.1 cm³/mol. The summed E-state index contributed by atoms with van der Waals surface area (Å²) >= 11 is 0. The summed E-state index contributed by atoms with van der Waals surface area (Å²) in [6, 6.07) is 5.82. The Hall–Kier alpha value is -1.03. The summed E-state index contributed by atoms with van der Waals surface area (Å²) < 4.78 is 38.3. The van der Waals surface area contributed by atoms with Crippen molar-refractivity contribution < 1.29 is 13.2 Å². The van der Waals surface area contributed by atoms with Crippen molar-refractivity contribution in [2.45, 2.75) is 37.8 Å². The van der Waals surface area contributed by atoms with Crippen molar-refractivity contribution in [1.29, 1.82) is 0 Å². The molecular formula is C15H20F3N. The van der Waals surface area contributed by atoms with Gasteiger partial charge in [0, 0.05) is 6.54 Å². The molecule has 0 heterocycles. The highest BCUT2D eigenvalue weighted by Crippen LogP contribution is 2.38. The van der Waals surface area contributed by atoms with Gasteiger partial charge in [0.15, 0.2) is 0 Å². The summed E-state index contributed by atoms with van der Waals surface area (Å²) in [5.74, 6) is 0.700. The van der Waals surface area contributed by atoms with Crippen LogP contribution in [0.15, 0.2) is 24.3 Å². The van der Waals surface area contributed by atoms with E-state index in [1.807, 2.05) is 13.1 Å². The van der Waals surface area contributed by atoms with Gasteiger partial charge in [-0.15, -0.1) is 0 Å². The Labute approximate surface area is 112 Å². The Morgan fingerprint density at radius 2 is 1.95 bits per heavy atom. The summed E-state index contributed by atoms with van der Waals surface area (Å²) in [6.45, 7) is 0.742. The van der Waals surface area contributed by atoms with Crippen molar-refractivity contribution >= 4 is 0 Å². The summed E-state index contributed by atoms with van der Waals surface area (Å²) in [5.41, 5.74) is 0.278. The standard InChI is InChI=1S/C15H20F3N/c1-19-10-14(11-5-2-3-6-11)12-7-4-8-13(9-12)15(16,17)18/h4,7-9,11,14,19H,2-3,5-6,10H2,1H3. The lowest BCUT2D eigenvalue weighted by molar-refractivity contribution is -0.137. The van der Waals surface area contributed by atoms with Gasteiger partial charge in [0.1, 0.15) is 0 Å². The van der Waals surface area contributed by atoms with Crippen LogP contribution in [0.1, 0.15) is 42.7 Å². The molecule has 1 N–H and O–H groups in total. The molecule has 1 saturated carbocycles. The minimum absolute atomic E-state index is 0.190. The first-order valence-electron chi connectivity index (χ1n) is 6.84. The fourth-order valence-corrected chi connectivity index (χ4v) is 3.08. The van der Waals surface area contributed by atoms with E-state index in [2.05, 4.69) is 5.32 Å². The molecule has 0 saturated heterocycles. The number of hydrogen-bond acceptors (Lipinski definition) is 1. The van der Waals surface area contributed by atoms with Crippen molar-refractivity contribution in [1.82, 2.24) is 5.32 Å². The van der Waals surface area contributed by atoms with E-state index in [4.69, 9.17) is 0 Å². The Kier molecular flexibility index (Phi) is 4.50. The maximum Gasteiger partial charge on any atom is 0.416 e. The topological polar surface area (TPSA) is 12.0 Å². The van der Waals surface area contributed by atoms with E-state index in [0.717, 1.165) is 31.0 Å². The number of halogens is 3. The van der Waals surface area contributed by atoms with Crippen molar-refractivity contribution in [3.05, 3.63) is 35.4 Å². The lowest BCUT2D eigenvalue weighted by atomic mass is 9.84. The molecule has 0 spiro atoms. The van der Waals surface area contributed by atoms with E-state index in [-0.39, 0.29) is 5.92 Å². The Bertz CT molecular complexity index is 408. The molecule has 106 valence electrons. The van der Waals surface area contributed by atoms with E-state index in [1.165, 1.54) is 25.0 Å². The predicted octanol–water partition coefficient (Wildman–Crippen LogP) is 4.20. The molecule has 1 aliphatic rings. The number of hydrogen-bond donors (Lipinski definition) is 1. The quantitative estimate of drug-likeness (QED) is 0.865. The monoisotopic (exact) mass is 271 g/mol. The van der Waals surface area contributed by atoms with Crippen LogP contribution in [0.3, 0.4) is 0 Å². The van der Waals surface area contributed by atoms with Gasteiger partial charge < -0.3 is 5.32 Å². The smallest absolute Gasteiger partial charge is 0.319 e. The lowest BCUT2D eigenvalue weighted by Crippen LogP contribution is -2.23. The first-order valence-corrected chi connectivity index (χ1v) is 6.84. The molecule has 1 aliphatic carbocycles. The van der Waals surface area contributed by atoms with Crippen molar-refractivity contribution in [2.24, 2.45) is 5.92 Å². The molecule has 1 unspecified atom stereocenters. The van der Waals surface area contributed by atoms with Crippen LogP contribution in [0.25, 0.3) is 0 Å². The fraction of sp³-hybridized carbons (Fsp3) is 0.600. The van der Waals surface area contributed by atoms with Gasteiger partial charge in [-0.25, -0.2) is 0 Å². The van der Waals surface area contributed by atoms with Crippen LogP contribution in [0, 0.1) is 5.92 Å². The van der Waals surface area contributed by atoms with Gasteiger partial charge in [-0.1, -0.05) is 31.0 Å². The van der Waals surface area contributed by atoms with Crippen molar-refractivity contribution in [2.75, 3.05) is 13.6 Å². The molecule has 1 fully saturated rings. The van der Waals surface area contributed by atoms with E-state index >= 15 is 0 Å². The molecule has 1 aromatic carbocycles. The molecule has 0 aliphatic heterocycles. The van der Waals surface area contributed by atoms with Crippen LogP contribution >= 0.6 is 0 Å². The average molecular weight is 271 g/mol. The molecule has 1 atom stereocenters. The summed E-state index contributed by atoms with van der Waals surface area (Å²) in [7, 11) is 1.86. The average Bonchev–Trinajstić information content (AvgIpc) is 2.88. The highest BCUT2D eigenvalue weighted by atomic mass is 19.4. The van der Waals surface area contributed by atoms with Gasteiger partial charge in [0.25, 0.3) is 0 Å². The molecule has 1 nitrogen and oxygen atoms in total. The molecule has 1 aromatic rings. The normalized spacial score (nSPS) is 18.7. The first-order chi connectivity index (χ1) is 9.02. The third-order valence-electron chi connectivity index (χ3n) is 4.04. The van der Waals surface area contributed by atoms with Crippen molar-refractivity contribution in [3.63, 3.8) is 0 Å². The van der Waals surface area contributed by atoms with E-state index < -0.39 is 11.7 Å². The van der Waals surface area contributed by atoms with Gasteiger partial charge in [-0.05, 0) is 43.4 Å². The highest BCUT2D eigenvalue weighted by Gasteiger charge is 2.32. The van der Waals surface area contributed by atoms with Gasteiger partial charge in [-0.3, -0.25) is 0 Å². The zero-order valence-electron chi connectivity index (χ0n) is 11.1. The summed E-state index contributed by atoms with van der Waals surface area (Å²) in [5, 5.41) is 3.12. The molecule has 0 radical (unpaired) electrons. The third-order valence-corrected chi connectivity index (χ3v) is 4.04. The largest absolute Gasteiger partial charge is 0.416 e. The van der Waals surface area contributed by atoms with Crippen molar-refractivity contribution in [3.8, 4) is 0 Å². The van der Waals surface area contributed by atoms with Gasteiger partial charge >= 0.3 is 6.18 Å². The second kappa shape index (κ2) is 5.95. The van der Waals surface area contributed by atoms with E-state index in [0.29, 0.717) is 5.92 Å². The molecule has 19 heavy (non-hydrogen) atoms. The number of benzene rings is 1. The second-order valence-corrected chi connectivity index (χ2v) is 5.33. The highest BCUT2D eigenvalue weighted by molar-refractivity contribution is 5.29. The van der Waals surface area contributed by atoms with E-state index in [9.17, 15) is 13.2 Å². The van der Waals surface area contributed by atoms with Crippen LogP contribution in [0.2, 0.25) is 0 Å². The maximum absolute atomic E-state index is 12.8. The Morgan fingerprint density at radius 3 is 2.53 bits per heavy atom. The van der Waals surface area contributed by atoms with Crippen LogP contribution in [0.5, 0.6) is 0 Å². The Balaban J connectivity index is 2.25. The van der Waals surface area contributed by atoms with Crippen LogP contribution < -0.4 is 5.32 Å². The minimum atomic E-state index is -4.25. The number of likely N-dealkylation sites (N-methyl/N-ethyl adjacent to an activating group) is 1. The summed E-state index contributed by atoms with van der Waals surface area (Å²) in [6.07, 6.45) is 0.398. The van der Waals surface area contributed by atoms with Gasteiger partial charge in [-0.2, -0.15) is 13.2 Å². The second-order valence-electron chi connectivity index (χ2n) is 5.33. The van der Waals surface area contributed by atoms with Gasteiger partial charge in [0.2, 0.25) is 0 Å². The molecule has 4 heteroatoms. The minimum Gasteiger partial charge on any atom is -0.319 e. The number of alkyl halides is 3. The van der Waals surface area contributed by atoms with E-state index in [1.54, 1.807) is 0 Å². The van der Waals surface area contributed by atoms with Crippen LogP contribution in [-0.4, -0.2) is 13.6 Å². The zero-order valence-corrected chi connectivity index (χ0v) is 11.1. The Morgan fingerprint density at radius 1 is 1.26 bits per heavy atom. The van der Waals surface area contributed by atoms with Crippen LogP contribution in [-0.2, 0) is 6.18 Å². The number of nitrogens with one attached hydrogen (secondary N) is 1. The summed E-state index contributed by atoms with van der Waals surface area (Å²) in [4.78, 5) is 0. The molecule has 2 rings (SSSR count). The fourth-order valence-electron chi connectivity index (χ4n) is 3.08. The van der Waals surface area contributed by atoms with Gasteiger partial charge in [0.05, 0.1) is 5.56 Å². The molecular weight excluding hydrogens is 251 g/mol. The molecule has 0 aromatic heterocycles. The zero-order chi connectivity index (χ0) is 13.9. The molecule has 0 bridgehead atoms. The SMILES string of the molecule is CNCC(c1cccc(C(F)(F)F)c1)C1CCCC1. The van der Waals surface area contributed by atoms with Crippen LogP contribution in [0.4, 0.5) is 13.2 Å². The third kappa shape index (κ3) is 3.50. The molecule has 0 amide bonds.